The van der Waals surface area contributed by atoms with Crippen LogP contribution in [0.25, 0.3) is 10.1 Å². The number of hydrogen-bond donors (Lipinski definition) is 3. The minimum absolute atomic E-state index is 0.120. The summed E-state index contributed by atoms with van der Waals surface area (Å²) in [5.74, 6) is -0.120. The maximum absolute atomic E-state index is 12.2. The topological polar surface area (TPSA) is 75.4 Å². The number of benzene rings is 1. The quantitative estimate of drug-likeness (QED) is 0.760. The number of nitrogens with one attached hydrogen (secondary N) is 1. The Morgan fingerprint density at radius 3 is 2.85 bits per heavy atom. The predicted molar refractivity (Wildman–Crippen MR) is 82.0 cm³/mol. The molecule has 0 saturated heterocycles. The minimum Gasteiger partial charge on any atom is -0.399 e. The number of thiophene rings is 1. The molecule has 1 heterocycles. The van der Waals surface area contributed by atoms with Gasteiger partial charge in [0, 0.05) is 16.9 Å². The lowest BCUT2D eigenvalue weighted by Gasteiger charge is -2.21. The first-order valence-electron chi connectivity index (χ1n) is 6.85. The first-order valence-corrected chi connectivity index (χ1v) is 7.67. The highest BCUT2D eigenvalue weighted by molar-refractivity contribution is 7.20. The van der Waals surface area contributed by atoms with Gasteiger partial charge in [-0.05, 0) is 42.5 Å². The Morgan fingerprint density at radius 1 is 1.35 bits per heavy atom. The van der Waals surface area contributed by atoms with Gasteiger partial charge in [-0.3, -0.25) is 4.79 Å². The van der Waals surface area contributed by atoms with Gasteiger partial charge in [-0.2, -0.15) is 0 Å². The van der Waals surface area contributed by atoms with Crippen LogP contribution in [0.15, 0.2) is 24.3 Å². The van der Waals surface area contributed by atoms with E-state index in [2.05, 4.69) is 5.32 Å². The fourth-order valence-corrected chi connectivity index (χ4v) is 3.68. The highest BCUT2D eigenvalue weighted by Gasteiger charge is 2.31. The molecule has 1 aliphatic rings. The van der Waals surface area contributed by atoms with E-state index in [9.17, 15) is 9.90 Å². The first-order chi connectivity index (χ1) is 9.56. The number of amides is 1. The number of aliphatic hydroxyl groups is 1. The molecule has 1 aromatic carbocycles. The molecular formula is C15H18N2O2S. The Bertz CT molecular complexity index is 644. The van der Waals surface area contributed by atoms with Crippen molar-refractivity contribution in [2.75, 3.05) is 12.3 Å². The summed E-state index contributed by atoms with van der Waals surface area (Å²) in [5, 5.41) is 14.1. The van der Waals surface area contributed by atoms with Crippen molar-refractivity contribution in [3.63, 3.8) is 0 Å². The second kappa shape index (κ2) is 5.07. The molecule has 1 amide bonds. The van der Waals surface area contributed by atoms with E-state index in [4.69, 9.17) is 5.73 Å². The van der Waals surface area contributed by atoms with Gasteiger partial charge in [-0.15, -0.1) is 11.3 Å². The van der Waals surface area contributed by atoms with E-state index >= 15 is 0 Å². The smallest absolute Gasteiger partial charge is 0.261 e. The number of nitrogen functional groups attached to an aromatic ring is 1. The summed E-state index contributed by atoms with van der Waals surface area (Å²) < 4.78 is 1.05. The average molecular weight is 290 g/mol. The molecule has 0 spiro atoms. The minimum atomic E-state index is -0.712. The molecule has 106 valence electrons. The van der Waals surface area contributed by atoms with Gasteiger partial charge in [0.05, 0.1) is 10.5 Å². The van der Waals surface area contributed by atoms with Crippen molar-refractivity contribution in [1.29, 1.82) is 0 Å². The molecule has 4 N–H and O–H groups in total. The molecule has 0 unspecified atom stereocenters. The molecule has 1 aliphatic carbocycles. The maximum Gasteiger partial charge on any atom is 0.261 e. The van der Waals surface area contributed by atoms with Gasteiger partial charge in [0.25, 0.3) is 5.91 Å². The summed E-state index contributed by atoms with van der Waals surface area (Å²) in [4.78, 5) is 12.8. The third kappa shape index (κ3) is 2.64. The van der Waals surface area contributed by atoms with Crippen molar-refractivity contribution in [3.8, 4) is 0 Å². The van der Waals surface area contributed by atoms with Crippen LogP contribution in [0, 0.1) is 0 Å². The van der Waals surface area contributed by atoms with Crippen molar-refractivity contribution in [1.82, 2.24) is 5.32 Å². The maximum atomic E-state index is 12.2. The van der Waals surface area contributed by atoms with Crippen molar-refractivity contribution < 1.29 is 9.90 Å². The Balaban J connectivity index is 1.72. The third-order valence-electron chi connectivity index (χ3n) is 3.88. The SMILES string of the molecule is Nc1ccc2sc(C(=O)NCC3(O)CCCC3)cc2c1. The Morgan fingerprint density at radius 2 is 2.10 bits per heavy atom. The molecule has 5 heteroatoms. The van der Waals surface area contributed by atoms with Gasteiger partial charge in [-0.1, -0.05) is 12.8 Å². The monoisotopic (exact) mass is 290 g/mol. The summed E-state index contributed by atoms with van der Waals surface area (Å²) in [5.41, 5.74) is 5.72. The molecule has 3 rings (SSSR count). The van der Waals surface area contributed by atoms with E-state index < -0.39 is 5.60 Å². The number of nitrogens with two attached hydrogens (primary N) is 1. The molecule has 0 atom stereocenters. The molecule has 0 radical (unpaired) electrons. The number of carbonyl (C=O) groups is 1. The summed E-state index contributed by atoms with van der Waals surface area (Å²) in [6.45, 7) is 0.336. The van der Waals surface area contributed by atoms with Gasteiger partial charge >= 0.3 is 0 Å². The second-order valence-corrected chi connectivity index (χ2v) is 6.61. The molecule has 1 saturated carbocycles. The van der Waals surface area contributed by atoms with Crippen LogP contribution in [-0.2, 0) is 0 Å². The molecular weight excluding hydrogens is 272 g/mol. The lowest BCUT2D eigenvalue weighted by atomic mass is 10.0. The number of fused-ring (bicyclic) bond motifs is 1. The van der Waals surface area contributed by atoms with E-state index in [1.807, 2.05) is 24.3 Å². The zero-order valence-electron chi connectivity index (χ0n) is 11.2. The Labute approximate surface area is 121 Å². The molecule has 1 fully saturated rings. The molecule has 0 aliphatic heterocycles. The zero-order chi connectivity index (χ0) is 14.2. The summed E-state index contributed by atoms with van der Waals surface area (Å²) in [6, 6.07) is 7.48. The van der Waals surface area contributed by atoms with Crippen molar-refractivity contribution in [2.24, 2.45) is 0 Å². The highest BCUT2D eigenvalue weighted by Crippen LogP contribution is 2.30. The first kappa shape index (κ1) is 13.4. The number of hydrogen-bond acceptors (Lipinski definition) is 4. The van der Waals surface area contributed by atoms with E-state index in [0.29, 0.717) is 17.1 Å². The molecule has 20 heavy (non-hydrogen) atoms. The predicted octanol–water partition coefficient (Wildman–Crippen LogP) is 2.52. The molecule has 0 bridgehead atoms. The Hall–Kier alpha value is -1.59. The lowest BCUT2D eigenvalue weighted by molar-refractivity contribution is 0.0450. The summed E-state index contributed by atoms with van der Waals surface area (Å²) in [7, 11) is 0. The van der Waals surface area contributed by atoms with Crippen molar-refractivity contribution >= 4 is 33.0 Å². The summed E-state index contributed by atoms with van der Waals surface area (Å²) >= 11 is 1.45. The second-order valence-electron chi connectivity index (χ2n) is 5.52. The van der Waals surface area contributed by atoms with Gasteiger partial charge in [0.15, 0.2) is 0 Å². The van der Waals surface area contributed by atoms with Crippen molar-refractivity contribution in [3.05, 3.63) is 29.1 Å². The van der Waals surface area contributed by atoms with Crippen LogP contribution >= 0.6 is 11.3 Å². The van der Waals surface area contributed by atoms with E-state index in [1.54, 1.807) is 0 Å². The van der Waals surface area contributed by atoms with E-state index in [-0.39, 0.29) is 5.91 Å². The molecule has 2 aromatic rings. The largest absolute Gasteiger partial charge is 0.399 e. The van der Waals surface area contributed by atoms with Crippen LogP contribution in [0.3, 0.4) is 0 Å². The van der Waals surface area contributed by atoms with Crippen LogP contribution in [0.1, 0.15) is 35.4 Å². The highest BCUT2D eigenvalue weighted by atomic mass is 32.1. The average Bonchev–Trinajstić information content (AvgIpc) is 3.02. The molecule has 4 nitrogen and oxygen atoms in total. The van der Waals surface area contributed by atoms with Crippen molar-refractivity contribution in [2.45, 2.75) is 31.3 Å². The third-order valence-corrected chi connectivity index (χ3v) is 4.99. The van der Waals surface area contributed by atoms with Gasteiger partial charge in [0.2, 0.25) is 0 Å². The van der Waals surface area contributed by atoms with Crippen LogP contribution < -0.4 is 11.1 Å². The van der Waals surface area contributed by atoms with Crippen LogP contribution in [0.2, 0.25) is 0 Å². The zero-order valence-corrected chi connectivity index (χ0v) is 12.0. The number of rotatable bonds is 3. The van der Waals surface area contributed by atoms with Gasteiger partial charge in [-0.25, -0.2) is 0 Å². The van der Waals surface area contributed by atoms with E-state index in [0.717, 1.165) is 35.8 Å². The lowest BCUT2D eigenvalue weighted by Crippen LogP contribution is -2.40. The number of carbonyl (C=O) groups excluding carboxylic acids is 1. The fourth-order valence-electron chi connectivity index (χ4n) is 2.72. The van der Waals surface area contributed by atoms with Crippen LogP contribution in [0.5, 0.6) is 0 Å². The number of anilines is 1. The van der Waals surface area contributed by atoms with Gasteiger partial charge < -0.3 is 16.2 Å². The van der Waals surface area contributed by atoms with E-state index in [1.165, 1.54) is 11.3 Å². The Kier molecular flexibility index (Phi) is 3.40. The van der Waals surface area contributed by atoms with Crippen LogP contribution in [0.4, 0.5) is 5.69 Å². The fraction of sp³-hybridized carbons (Fsp3) is 0.400. The standard InChI is InChI=1S/C15H18N2O2S/c16-11-3-4-12-10(7-11)8-13(20-12)14(18)17-9-15(19)5-1-2-6-15/h3-4,7-8,19H,1-2,5-6,9,16H2,(H,17,18). The summed E-state index contributed by atoms with van der Waals surface area (Å²) in [6.07, 6.45) is 3.62. The normalized spacial score (nSPS) is 17.4. The van der Waals surface area contributed by atoms with Gasteiger partial charge in [0.1, 0.15) is 0 Å². The van der Waals surface area contributed by atoms with Crippen LogP contribution in [-0.4, -0.2) is 23.2 Å². The molecule has 1 aromatic heterocycles.